The summed E-state index contributed by atoms with van der Waals surface area (Å²) < 4.78 is 0. The second-order valence-corrected chi connectivity index (χ2v) is 3.93. The zero-order chi connectivity index (χ0) is 9.10. The molecule has 1 N–H and O–H groups in total. The van der Waals surface area contributed by atoms with Crippen LogP contribution in [0.1, 0.15) is 18.1 Å². The van der Waals surface area contributed by atoms with E-state index in [1.807, 2.05) is 11.8 Å². The predicted molar refractivity (Wildman–Crippen MR) is 59.4 cm³/mol. The van der Waals surface area contributed by atoms with Gasteiger partial charge >= 0.3 is 0 Å². The summed E-state index contributed by atoms with van der Waals surface area (Å²) in [4.78, 5) is 0. The van der Waals surface area contributed by atoms with Crippen LogP contribution in [0.5, 0.6) is 0 Å². The number of benzene rings is 1. The van der Waals surface area contributed by atoms with Crippen molar-refractivity contribution in [2.24, 2.45) is 0 Å². The van der Waals surface area contributed by atoms with Crippen molar-refractivity contribution in [2.75, 3.05) is 5.88 Å². The maximum absolute atomic E-state index is 3.33. The van der Waals surface area contributed by atoms with E-state index in [9.17, 15) is 0 Å². The smallest absolute Gasteiger partial charge is 0.0652 e. The van der Waals surface area contributed by atoms with E-state index >= 15 is 0 Å². The molecule has 0 aliphatic carbocycles. The van der Waals surface area contributed by atoms with E-state index in [2.05, 4.69) is 41.9 Å². The van der Waals surface area contributed by atoms with Crippen LogP contribution in [0, 0.1) is 0 Å². The Labute approximate surface area is 83.2 Å². The van der Waals surface area contributed by atoms with E-state index in [0.717, 1.165) is 12.3 Å². The Kier molecular flexibility index (Phi) is 2.60. The Hall–Kier alpha value is -0.890. The maximum Gasteiger partial charge on any atom is 0.0652 e. The molecule has 0 saturated carbocycles. The largest absolute Gasteiger partial charge is 0.375 e. The standard InChI is InChI=1S/C11H13NS/c1-2-9-3-5-10(6-4-9)11-7-13-8-12-11/h3-7,12H,2,8H2,1H3. The highest BCUT2D eigenvalue weighted by atomic mass is 32.2. The number of thioether (sulfide) groups is 1. The summed E-state index contributed by atoms with van der Waals surface area (Å²) in [5.41, 5.74) is 3.95. The molecule has 0 bridgehead atoms. The summed E-state index contributed by atoms with van der Waals surface area (Å²) in [5, 5.41) is 5.52. The van der Waals surface area contributed by atoms with Crippen LogP contribution >= 0.6 is 11.8 Å². The molecule has 2 rings (SSSR count). The second-order valence-electron chi connectivity index (χ2n) is 3.07. The maximum atomic E-state index is 3.33. The van der Waals surface area contributed by atoms with Crippen LogP contribution in [0.15, 0.2) is 29.7 Å². The number of nitrogens with one attached hydrogen (secondary N) is 1. The van der Waals surface area contributed by atoms with Gasteiger partial charge in [0.2, 0.25) is 0 Å². The van der Waals surface area contributed by atoms with Crippen LogP contribution in [0.3, 0.4) is 0 Å². The Morgan fingerprint density at radius 2 is 2.08 bits per heavy atom. The molecule has 0 spiro atoms. The number of hydrogen-bond acceptors (Lipinski definition) is 2. The van der Waals surface area contributed by atoms with E-state index in [4.69, 9.17) is 0 Å². The zero-order valence-electron chi connectivity index (χ0n) is 7.71. The zero-order valence-corrected chi connectivity index (χ0v) is 8.53. The fourth-order valence-electron chi connectivity index (χ4n) is 1.38. The van der Waals surface area contributed by atoms with Gasteiger partial charge in [-0.3, -0.25) is 0 Å². The fraction of sp³-hybridized carbons (Fsp3) is 0.273. The molecule has 1 aromatic rings. The molecule has 0 aromatic heterocycles. The van der Waals surface area contributed by atoms with Gasteiger partial charge in [0.1, 0.15) is 0 Å². The normalized spacial score (nSPS) is 15.3. The lowest BCUT2D eigenvalue weighted by Gasteiger charge is -2.04. The Morgan fingerprint density at radius 3 is 2.62 bits per heavy atom. The minimum absolute atomic E-state index is 1.00. The first-order chi connectivity index (χ1) is 6.40. The van der Waals surface area contributed by atoms with E-state index in [0.29, 0.717) is 0 Å². The lowest BCUT2D eigenvalue weighted by atomic mass is 10.1. The molecule has 0 atom stereocenters. The van der Waals surface area contributed by atoms with Gasteiger partial charge in [0, 0.05) is 5.70 Å². The topological polar surface area (TPSA) is 12.0 Å². The first kappa shape index (κ1) is 8.70. The van der Waals surface area contributed by atoms with E-state index in [-0.39, 0.29) is 0 Å². The van der Waals surface area contributed by atoms with Crippen LogP contribution in [0.4, 0.5) is 0 Å². The van der Waals surface area contributed by atoms with Gasteiger partial charge in [-0.25, -0.2) is 0 Å². The van der Waals surface area contributed by atoms with E-state index in [1.54, 1.807) is 0 Å². The van der Waals surface area contributed by atoms with Crippen LogP contribution in [0.2, 0.25) is 0 Å². The van der Waals surface area contributed by atoms with Gasteiger partial charge in [0.15, 0.2) is 0 Å². The number of rotatable bonds is 2. The first-order valence-corrected chi connectivity index (χ1v) is 5.60. The Morgan fingerprint density at radius 1 is 1.31 bits per heavy atom. The minimum atomic E-state index is 1.00. The number of hydrogen-bond donors (Lipinski definition) is 1. The third-order valence-electron chi connectivity index (χ3n) is 2.22. The third-order valence-corrected chi connectivity index (χ3v) is 2.93. The van der Waals surface area contributed by atoms with Gasteiger partial charge in [-0.2, -0.15) is 0 Å². The molecule has 1 aliphatic rings. The molecule has 1 aliphatic heterocycles. The second kappa shape index (κ2) is 3.88. The summed E-state index contributed by atoms with van der Waals surface area (Å²) in [6.07, 6.45) is 1.11. The van der Waals surface area contributed by atoms with Crippen molar-refractivity contribution in [3.63, 3.8) is 0 Å². The molecular weight excluding hydrogens is 178 g/mol. The van der Waals surface area contributed by atoms with Crippen LogP contribution in [-0.4, -0.2) is 5.88 Å². The van der Waals surface area contributed by atoms with E-state index < -0.39 is 0 Å². The average Bonchev–Trinajstić information content (AvgIpc) is 2.71. The third kappa shape index (κ3) is 1.89. The highest BCUT2D eigenvalue weighted by molar-refractivity contribution is 8.02. The molecule has 0 radical (unpaired) electrons. The van der Waals surface area contributed by atoms with Crippen LogP contribution in [-0.2, 0) is 6.42 Å². The van der Waals surface area contributed by atoms with Crippen LogP contribution in [0.25, 0.3) is 5.70 Å². The Bertz CT molecular complexity index is 313. The van der Waals surface area contributed by atoms with Crippen molar-refractivity contribution in [3.05, 3.63) is 40.8 Å². The van der Waals surface area contributed by atoms with Gasteiger partial charge in [0.05, 0.1) is 5.88 Å². The lowest BCUT2D eigenvalue weighted by molar-refractivity contribution is 1.10. The molecule has 2 heteroatoms. The summed E-state index contributed by atoms with van der Waals surface area (Å²) in [6.45, 7) is 2.18. The molecular formula is C11H13NS. The van der Waals surface area contributed by atoms with E-state index in [1.165, 1.54) is 16.8 Å². The van der Waals surface area contributed by atoms with Crippen molar-refractivity contribution in [1.82, 2.24) is 5.32 Å². The highest BCUT2D eigenvalue weighted by Gasteiger charge is 2.05. The van der Waals surface area contributed by atoms with Crippen molar-refractivity contribution >= 4 is 17.5 Å². The Balaban J connectivity index is 2.22. The molecule has 1 aromatic carbocycles. The fourth-order valence-corrected chi connectivity index (χ4v) is 2.08. The number of aryl methyl sites for hydroxylation is 1. The first-order valence-electron chi connectivity index (χ1n) is 4.55. The SMILES string of the molecule is CCc1ccc(C2=CSCN2)cc1. The van der Waals surface area contributed by atoms with Crippen molar-refractivity contribution in [2.45, 2.75) is 13.3 Å². The van der Waals surface area contributed by atoms with Gasteiger partial charge < -0.3 is 5.32 Å². The lowest BCUT2D eigenvalue weighted by Crippen LogP contribution is -2.04. The van der Waals surface area contributed by atoms with Crippen molar-refractivity contribution in [1.29, 1.82) is 0 Å². The van der Waals surface area contributed by atoms with Gasteiger partial charge in [0.25, 0.3) is 0 Å². The molecule has 0 unspecified atom stereocenters. The molecule has 0 amide bonds. The van der Waals surface area contributed by atoms with Gasteiger partial charge in [-0.1, -0.05) is 31.2 Å². The van der Waals surface area contributed by atoms with Crippen molar-refractivity contribution in [3.8, 4) is 0 Å². The summed E-state index contributed by atoms with van der Waals surface area (Å²) in [5.74, 6) is 1.00. The summed E-state index contributed by atoms with van der Waals surface area (Å²) in [7, 11) is 0. The molecule has 0 fully saturated rings. The molecule has 68 valence electrons. The van der Waals surface area contributed by atoms with Crippen LogP contribution < -0.4 is 5.32 Å². The molecule has 1 nitrogen and oxygen atoms in total. The van der Waals surface area contributed by atoms with Crippen molar-refractivity contribution < 1.29 is 0 Å². The molecule has 1 heterocycles. The van der Waals surface area contributed by atoms with Gasteiger partial charge in [-0.05, 0) is 23.0 Å². The predicted octanol–water partition coefficient (Wildman–Crippen LogP) is 2.84. The monoisotopic (exact) mass is 191 g/mol. The minimum Gasteiger partial charge on any atom is -0.375 e. The molecule has 0 saturated heterocycles. The average molecular weight is 191 g/mol. The summed E-state index contributed by atoms with van der Waals surface area (Å²) >= 11 is 1.81. The highest BCUT2D eigenvalue weighted by Crippen LogP contribution is 2.21. The quantitative estimate of drug-likeness (QED) is 0.771. The van der Waals surface area contributed by atoms with Gasteiger partial charge in [-0.15, -0.1) is 11.8 Å². The molecule has 13 heavy (non-hydrogen) atoms. The summed E-state index contributed by atoms with van der Waals surface area (Å²) in [6, 6.07) is 8.76.